The number of aromatic nitrogens is 7. The van der Waals surface area contributed by atoms with Crippen molar-refractivity contribution < 1.29 is 0 Å². The van der Waals surface area contributed by atoms with Gasteiger partial charge in [-0.15, -0.1) is 19.4 Å². The summed E-state index contributed by atoms with van der Waals surface area (Å²) in [5.74, 6) is 1.02. The third-order valence-electron chi connectivity index (χ3n) is 5.26. The van der Waals surface area contributed by atoms with Crippen molar-refractivity contribution in [2.45, 2.75) is 19.1 Å². The summed E-state index contributed by atoms with van der Waals surface area (Å²) >= 11 is 0. The number of pyridine rings is 1. The molecule has 0 saturated heterocycles. The largest absolute Gasteiger partial charge is 0.317 e. The summed E-state index contributed by atoms with van der Waals surface area (Å²) < 4.78 is 3.76. The number of likely N-dealkylation sites (N-methyl/N-ethyl adjacent to an activating group) is 1. The monoisotopic (exact) mass is 430 g/mol. The molecule has 0 amide bonds. The number of nitrogens with one attached hydrogen (secondary N) is 1. The minimum atomic E-state index is 0.203. The summed E-state index contributed by atoms with van der Waals surface area (Å²) in [7, 11) is 4.74. The van der Waals surface area contributed by atoms with Gasteiger partial charge in [0.15, 0.2) is 11.5 Å². The highest BCUT2D eigenvalue weighted by molar-refractivity contribution is 7.16. The van der Waals surface area contributed by atoms with Crippen LogP contribution in [0.25, 0.3) is 27.7 Å². The normalized spacial score (nSPS) is 12.6. The molecule has 2 atom stereocenters. The van der Waals surface area contributed by atoms with Crippen LogP contribution in [0, 0.1) is 6.92 Å². The maximum absolute atomic E-state index is 4.65. The van der Waals surface area contributed by atoms with Gasteiger partial charge in [0.05, 0.1) is 23.2 Å². The Bertz CT molecular complexity index is 1370. The fourth-order valence-electron chi connectivity index (χ4n) is 3.64. The van der Waals surface area contributed by atoms with Crippen LogP contribution >= 0.6 is 9.24 Å². The molecule has 0 aliphatic rings. The molecule has 0 radical (unpaired) electrons. The van der Waals surface area contributed by atoms with Gasteiger partial charge in [0.1, 0.15) is 0 Å². The molecule has 156 valence electrons. The van der Waals surface area contributed by atoms with Crippen LogP contribution in [0.4, 0.5) is 0 Å². The quantitative estimate of drug-likeness (QED) is 0.417. The highest BCUT2D eigenvalue weighted by Gasteiger charge is 2.11. The molecule has 0 saturated carbocycles. The molecule has 31 heavy (non-hydrogen) atoms. The van der Waals surface area contributed by atoms with Gasteiger partial charge in [-0.1, -0.05) is 6.07 Å². The third-order valence-corrected chi connectivity index (χ3v) is 5.80. The molecule has 5 aromatic rings. The molecule has 1 aromatic carbocycles. The van der Waals surface area contributed by atoms with Gasteiger partial charge >= 0.3 is 0 Å². The fraction of sp³-hybridized carbons (Fsp3) is 0.227. The summed E-state index contributed by atoms with van der Waals surface area (Å²) in [6, 6.07) is 12.3. The average molecular weight is 430 g/mol. The van der Waals surface area contributed by atoms with E-state index >= 15 is 0 Å². The lowest BCUT2D eigenvalue weighted by Gasteiger charge is -2.10. The Labute approximate surface area is 181 Å². The lowest BCUT2D eigenvalue weighted by molar-refractivity contribution is 0.569. The molecule has 0 fully saturated rings. The Morgan fingerprint density at radius 1 is 1.06 bits per heavy atom. The molecule has 2 unspecified atom stereocenters. The molecule has 5 rings (SSSR count). The van der Waals surface area contributed by atoms with Gasteiger partial charge in [0, 0.05) is 41.9 Å². The molecule has 0 aliphatic carbocycles. The van der Waals surface area contributed by atoms with E-state index in [0.29, 0.717) is 6.42 Å². The first-order valence-electron chi connectivity index (χ1n) is 10.1. The van der Waals surface area contributed by atoms with Crippen molar-refractivity contribution in [2.75, 3.05) is 13.6 Å². The Hall–Kier alpha value is -3.22. The summed E-state index contributed by atoms with van der Waals surface area (Å²) in [6.45, 7) is 2.80. The van der Waals surface area contributed by atoms with E-state index in [1.807, 2.05) is 53.8 Å². The van der Waals surface area contributed by atoms with Crippen LogP contribution in [-0.4, -0.2) is 48.2 Å². The van der Waals surface area contributed by atoms with Crippen molar-refractivity contribution in [2.24, 2.45) is 0 Å². The number of nitrogens with zero attached hydrogens (tertiary/aromatic N) is 7. The lowest BCUT2D eigenvalue weighted by atomic mass is 10.0. The van der Waals surface area contributed by atoms with Gasteiger partial charge in [0.25, 0.3) is 0 Å². The number of hydrogen-bond acceptors (Lipinski definition) is 6. The van der Waals surface area contributed by atoms with Crippen LogP contribution in [0.15, 0.2) is 55.0 Å². The number of benzene rings is 1. The van der Waals surface area contributed by atoms with Crippen molar-refractivity contribution in [3.8, 4) is 11.1 Å². The summed E-state index contributed by atoms with van der Waals surface area (Å²) in [6.07, 6.45) is 6.49. The first-order valence-corrected chi connectivity index (χ1v) is 10.8. The molecule has 0 aliphatic heterocycles. The SMILES string of the molecule is CNCC(P)n1cc(-c2cnc3ccc(Cc4nnc5ccc(C)nn45)cc3c2)cn1. The lowest BCUT2D eigenvalue weighted by Crippen LogP contribution is -2.17. The van der Waals surface area contributed by atoms with Gasteiger partial charge in [-0.2, -0.15) is 14.7 Å². The second kappa shape index (κ2) is 8.13. The maximum Gasteiger partial charge on any atom is 0.177 e. The Balaban J connectivity index is 1.46. The molecule has 0 spiro atoms. The summed E-state index contributed by atoms with van der Waals surface area (Å²) in [5.41, 5.74) is 5.88. The van der Waals surface area contributed by atoms with E-state index in [1.165, 1.54) is 0 Å². The van der Waals surface area contributed by atoms with E-state index in [9.17, 15) is 0 Å². The van der Waals surface area contributed by atoms with Crippen LogP contribution in [0.2, 0.25) is 0 Å². The van der Waals surface area contributed by atoms with Gasteiger partial charge in [-0.25, -0.2) is 0 Å². The average Bonchev–Trinajstić information content (AvgIpc) is 3.41. The van der Waals surface area contributed by atoms with Crippen LogP contribution in [0.1, 0.15) is 22.9 Å². The minimum Gasteiger partial charge on any atom is -0.317 e. The van der Waals surface area contributed by atoms with E-state index < -0.39 is 0 Å². The second-order valence-corrected chi connectivity index (χ2v) is 8.39. The van der Waals surface area contributed by atoms with Gasteiger partial charge in [0.2, 0.25) is 0 Å². The zero-order valence-electron chi connectivity index (χ0n) is 17.4. The summed E-state index contributed by atoms with van der Waals surface area (Å²) in [5, 5.41) is 21.8. The van der Waals surface area contributed by atoms with Crippen molar-refractivity contribution >= 4 is 25.8 Å². The van der Waals surface area contributed by atoms with Crippen LogP contribution in [-0.2, 0) is 6.42 Å². The van der Waals surface area contributed by atoms with Crippen molar-refractivity contribution in [3.63, 3.8) is 0 Å². The smallest absolute Gasteiger partial charge is 0.177 e. The van der Waals surface area contributed by atoms with E-state index in [0.717, 1.165) is 51.3 Å². The van der Waals surface area contributed by atoms with Crippen LogP contribution < -0.4 is 5.32 Å². The van der Waals surface area contributed by atoms with Gasteiger partial charge in [-0.3, -0.25) is 9.67 Å². The number of rotatable bonds is 6. The van der Waals surface area contributed by atoms with E-state index in [2.05, 4.69) is 64.3 Å². The number of hydrogen-bond donors (Lipinski definition) is 1. The highest BCUT2D eigenvalue weighted by Crippen LogP contribution is 2.25. The van der Waals surface area contributed by atoms with Gasteiger partial charge in [-0.05, 0) is 49.9 Å². The van der Waals surface area contributed by atoms with E-state index in [1.54, 1.807) is 0 Å². The predicted octanol–water partition coefficient (Wildman–Crippen LogP) is 3.03. The molecule has 4 aromatic heterocycles. The zero-order valence-corrected chi connectivity index (χ0v) is 18.6. The maximum atomic E-state index is 4.65. The first kappa shape index (κ1) is 19.7. The van der Waals surface area contributed by atoms with Crippen LogP contribution in [0.3, 0.4) is 0 Å². The first-order chi connectivity index (χ1) is 15.1. The zero-order chi connectivity index (χ0) is 21.4. The predicted molar refractivity (Wildman–Crippen MR) is 124 cm³/mol. The molecule has 1 N–H and O–H groups in total. The Kier molecular flexibility index (Phi) is 5.18. The molecule has 4 heterocycles. The standard InChI is InChI=1S/C22H23N8P/c1-14-3-6-20-26-27-21(30(20)28-14)8-15-4-5-19-16(7-15)9-17(10-24-19)18-11-25-29(13-18)22(31)12-23-2/h3-7,9-11,13,22-23H,8,12,31H2,1-2H3. The Morgan fingerprint density at radius 3 is 2.84 bits per heavy atom. The van der Waals surface area contributed by atoms with Crippen molar-refractivity contribution in [1.29, 1.82) is 0 Å². The van der Waals surface area contributed by atoms with E-state index in [4.69, 9.17) is 0 Å². The van der Waals surface area contributed by atoms with Crippen molar-refractivity contribution in [1.82, 2.24) is 39.9 Å². The topological polar surface area (TPSA) is 85.8 Å². The van der Waals surface area contributed by atoms with Crippen molar-refractivity contribution in [3.05, 3.63) is 72.1 Å². The Morgan fingerprint density at radius 2 is 1.97 bits per heavy atom. The van der Waals surface area contributed by atoms with Crippen LogP contribution in [0.5, 0.6) is 0 Å². The minimum absolute atomic E-state index is 0.203. The molecule has 8 nitrogen and oxygen atoms in total. The van der Waals surface area contributed by atoms with E-state index in [-0.39, 0.29) is 5.78 Å². The third kappa shape index (κ3) is 3.92. The second-order valence-electron chi connectivity index (χ2n) is 7.62. The fourth-order valence-corrected chi connectivity index (χ4v) is 4.04. The van der Waals surface area contributed by atoms with Gasteiger partial charge < -0.3 is 5.32 Å². The summed E-state index contributed by atoms with van der Waals surface area (Å²) in [4.78, 5) is 4.65. The molecule has 9 heteroatoms. The molecular formula is C22H23N8P. The number of aryl methyl sites for hydroxylation is 1. The molecule has 0 bridgehead atoms. The molecular weight excluding hydrogens is 407 g/mol. The highest BCUT2D eigenvalue weighted by atomic mass is 31.0. The number of fused-ring (bicyclic) bond motifs is 2.